The summed E-state index contributed by atoms with van der Waals surface area (Å²) >= 11 is 0. The van der Waals surface area contributed by atoms with Crippen molar-refractivity contribution >= 4 is 0 Å². The van der Waals surface area contributed by atoms with Crippen LogP contribution >= 0.6 is 0 Å². The highest BCUT2D eigenvalue weighted by atomic mass is 16.1. The van der Waals surface area contributed by atoms with E-state index in [0.29, 0.717) is 6.54 Å². The summed E-state index contributed by atoms with van der Waals surface area (Å²) in [4.78, 5) is 15.2. The molecule has 0 aliphatic rings. The largest absolute Gasteiger partial charge is 0.315 e. The fraction of sp³-hybridized carbons (Fsp3) is 0.667. The van der Waals surface area contributed by atoms with Crippen molar-refractivity contribution < 1.29 is 0 Å². The van der Waals surface area contributed by atoms with Gasteiger partial charge in [-0.2, -0.15) is 0 Å². The maximum atomic E-state index is 11.3. The number of nitrogens with one attached hydrogen (secondary N) is 1. The van der Waals surface area contributed by atoms with Crippen molar-refractivity contribution in [2.45, 2.75) is 39.2 Å². The lowest BCUT2D eigenvalue weighted by Crippen LogP contribution is -2.27. The van der Waals surface area contributed by atoms with Gasteiger partial charge in [0.25, 0.3) is 5.56 Å². The molecule has 0 aliphatic carbocycles. The zero-order chi connectivity index (χ0) is 11.6. The summed E-state index contributed by atoms with van der Waals surface area (Å²) in [5.41, 5.74) is 0.0165. The minimum atomic E-state index is 0.0165. The zero-order valence-electron chi connectivity index (χ0n) is 9.98. The first-order valence-corrected chi connectivity index (χ1v) is 6.05. The fourth-order valence-corrected chi connectivity index (χ4v) is 1.55. The molecule has 1 N–H and O–H groups in total. The minimum absolute atomic E-state index is 0.0165. The van der Waals surface area contributed by atoms with E-state index in [9.17, 15) is 4.79 Å². The van der Waals surface area contributed by atoms with Crippen molar-refractivity contribution in [3.63, 3.8) is 0 Å². The van der Waals surface area contributed by atoms with Gasteiger partial charge in [0, 0.05) is 25.4 Å². The molecular weight excluding hydrogens is 202 g/mol. The Morgan fingerprint density at radius 3 is 2.94 bits per heavy atom. The molecule has 1 heterocycles. The van der Waals surface area contributed by atoms with E-state index >= 15 is 0 Å². The molecule has 0 saturated heterocycles. The average Bonchev–Trinajstić information content (AvgIpc) is 2.30. The molecule has 4 heteroatoms. The maximum absolute atomic E-state index is 11.3. The summed E-state index contributed by atoms with van der Waals surface area (Å²) in [5.74, 6) is 0. The molecule has 1 aromatic rings. The quantitative estimate of drug-likeness (QED) is 0.678. The van der Waals surface area contributed by atoms with Crippen LogP contribution in [0.4, 0.5) is 0 Å². The molecule has 0 fully saturated rings. The first-order valence-electron chi connectivity index (χ1n) is 6.05. The van der Waals surface area contributed by atoms with Gasteiger partial charge in [-0.05, 0) is 13.0 Å². The number of unbranched alkanes of at least 4 members (excludes halogenated alkanes) is 3. The first-order chi connectivity index (χ1) is 7.84. The van der Waals surface area contributed by atoms with Crippen molar-refractivity contribution in [3.05, 3.63) is 28.9 Å². The van der Waals surface area contributed by atoms with Gasteiger partial charge in [-0.1, -0.05) is 26.2 Å². The zero-order valence-corrected chi connectivity index (χ0v) is 9.98. The van der Waals surface area contributed by atoms with Crippen LogP contribution < -0.4 is 10.9 Å². The van der Waals surface area contributed by atoms with E-state index in [1.54, 1.807) is 10.9 Å². The van der Waals surface area contributed by atoms with Crippen LogP contribution in [0.15, 0.2) is 23.4 Å². The molecule has 0 aliphatic heterocycles. The van der Waals surface area contributed by atoms with Gasteiger partial charge in [-0.25, -0.2) is 4.98 Å². The Morgan fingerprint density at radius 1 is 1.31 bits per heavy atom. The van der Waals surface area contributed by atoms with Crippen molar-refractivity contribution in [1.29, 1.82) is 0 Å². The predicted molar refractivity (Wildman–Crippen MR) is 65.5 cm³/mol. The van der Waals surface area contributed by atoms with E-state index in [0.717, 1.165) is 13.1 Å². The number of hydrogen-bond acceptors (Lipinski definition) is 3. The normalized spacial score (nSPS) is 10.6. The van der Waals surface area contributed by atoms with Crippen LogP contribution in [0.3, 0.4) is 0 Å². The van der Waals surface area contributed by atoms with Crippen molar-refractivity contribution in [3.8, 4) is 0 Å². The molecule has 0 radical (unpaired) electrons. The molecule has 1 rings (SSSR count). The highest BCUT2D eigenvalue weighted by Gasteiger charge is 1.93. The third kappa shape index (κ3) is 5.07. The van der Waals surface area contributed by atoms with Gasteiger partial charge in [0.1, 0.15) is 0 Å². The topological polar surface area (TPSA) is 46.9 Å². The lowest BCUT2D eigenvalue weighted by Gasteiger charge is -2.06. The molecule has 0 spiro atoms. The van der Waals surface area contributed by atoms with Gasteiger partial charge in [-0.15, -0.1) is 0 Å². The Labute approximate surface area is 96.7 Å². The van der Waals surface area contributed by atoms with E-state index in [2.05, 4.69) is 17.2 Å². The summed E-state index contributed by atoms with van der Waals surface area (Å²) in [6, 6.07) is 1.49. The second-order valence-corrected chi connectivity index (χ2v) is 3.92. The summed E-state index contributed by atoms with van der Waals surface area (Å²) in [7, 11) is 0. The van der Waals surface area contributed by atoms with Crippen molar-refractivity contribution in [2.75, 3.05) is 13.1 Å². The summed E-state index contributed by atoms with van der Waals surface area (Å²) in [5, 5.41) is 3.33. The molecule has 4 nitrogen and oxygen atoms in total. The summed E-state index contributed by atoms with van der Waals surface area (Å²) in [6.07, 6.45) is 8.19. The van der Waals surface area contributed by atoms with E-state index in [1.807, 2.05) is 0 Å². The third-order valence-electron chi connectivity index (χ3n) is 2.53. The number of aromatic nitrogens is 2. The number of rotatable bonds is 8. The van der Waals surface area contributed by atoms with Crippen LogP contribution in [-0.2, 0) is 6.54 Å². The molecule has 1 aromatic heterocycles. The lowest BCUT2D eigenvalue weighted by molar-refractivity contribution is 0.550. The standard InChI is InChI=1S/C12H21N3O/c1-2-3-4-5-7-13-9-10-15-11-14-8-6-12(15)16/h6,8,11,13H,2-5,7,9-10H2,1H3. The van der Waals surface area contributed by atoms with Gasteiger partial charge in [0.2, 0.25) is 0 Å². The van der Waals surface area contributed by atoms with Crippen LogP contribution in [0.25, 0.3) is 0 Å². The van der Waals surface area contributed by atoms with Crippen molar-refractivity contribution in [2.24, 2.45) is 0 Å². The summed E-state index contributed by atoms with van der Waals surface area (Å²) in [6.45, 7) is 4.77. The molecule has 0 atom stereocenters. The molecule has 16 heavy (non-hydrogen) atoms. The van der Waals surface area contributed by atoms with Gasteiger partial charge in [0.05, 0.1) is 6.33 Å². The number of nitrogens with zero attached hydrogens (tertiary/aromatic N) is 2. The Bertz CT molecular complexity index is 335. The Kier molecular flexibility index (Phi) is 6.49. The van der Waals surface area contributed by atoms with Crippen molar-refractivity contribution in [1.82, 2.24) is 14.9 Å². The maximum Gasteiger partial charge on any atom is 0.253 e. The second-order valence-electron chi connectivity index (χ2n) is 3.92. The highest BCUT2D eigenvalue weighted by molar-refractivity contribution is 4.81. The van der Waals surface area contributed by atoms with Crippen LogP contribution in [0.1, 0.15) is 32.6 Å². The molecular formula is C12H21N3O. The van der Waals surface area contributed by atoms with Gasteiger partial charge >= 0.3 is 0 Å². The minimum Gasteiger partial charge on any atom is -0.315 e. The Morgan fingerprint density at radius 2 is 2.19 bits per heavy atom. The van der Waals surface area contributed by atoms with Gasteiger partial charge in [-0.3, -0.25) is 9.36 Å². The Balaban J connectivity index is 2.08. The molecule has 90 valence electrons. The van der Waals surface area contributed by atoms with Crippen LogP contribution in [0, 0.1) is 0 Å². The van der Waals surface area contributed by atoms with Crippen LogP contribution in [-0.4, -0.2) is 22.6 Å². The SMILES string of the molecule is CCCCCCNCCn1cnccc1=O. The lowest BCUT2D eigenvalue weighted by atomic mass is 10.2. The molecule has 0 saturated carbocycles. The molecule has 0 aromatic carbocycles. The predicted octanol–water partition coefficient (Wildman–Crippen LogP) is 1.41. The smallest absolute Gasteiger partial charge is 0.253 e. The van der Waals surface area contributed by atoms with E-state index in [1.165, 1.54) is 37.9 Å². The van der Waals surface area contributed by atoms with Gasteiger partial charge < -0.3 is 5.32 Å². The van der Waals surface area contributed by atoms with Crippen LogP contribution in [0.5, 0.6) is 0 Å². The van der Waals surface area contributed by atoms with E-state index < -0.39 is 0 Å². The first kappa shape index (κ1) is 12.9. The van der Waals surface area contributed by atoms with E-state index in [4.69, 9.17) is 0 Å². The fourth-order valence-electron chi connectivity index (χ4n) is 1.55. The third-order valence-corrected chi connectivity index (χ3v) is 2.53. The molecule has 0 unspecified atom stereocenters. The number of hydrogen-bond donors (Lipinski definition) is 1. The molecule has 0 amide bonds. The highest BCUT2D eigenvalue weighted by Crippen LogP contribution is 1.96. The molecule has 0 bridgehead atoms. The van der Waals surface area contributed by atoms with Gasteiger partial charge in [0.15, 0.2) is 0 Å². The monoisotopic (exact) mass is 223 g/mol. The van der Waals surface area contributed by atoms with E-state index in [-0.39, 0.29) is 5.56 Å². The van der Waals surface area contributed by atoms with Crippen LogP contribution in [0.2, 0.25) is 0 Å². The Hall–Kier alpha value is -1.16. The summed E-state index contributed by atoms with van der Waals surface area (Å²) < 4.78 is 1.62. The second kappa shape index (κ2) is 8.05. The average molecular weight is 223 g/mol.